The SMILES string of the molecule is CCCCc1nc(-c2ccc(F)c(C)c2)nn1CC(=O)N1CCN(c2cc(C)ccn2)CC1.COc1cc(N2CCN(C(=O)Cn3nc(-c4ccc(F)c(C)c4)nc3C3CCCC3)CC2)ncn1.Cc1cc(-c2nc(C3CCCC3)n(CC(=O)N3CCN(c4ccccn4)CC3)n2)ccc1F.Cc1ccnc(N2CCN(C(=O)Cn3nc(-c4ccc(F)c(C)c4)nc3C3CCCC3)CC2)c1. The molecule has 0 N–H and O–H groups in total. The van der Waals surface area contributed by atoms with Crippen molar-refractivity contribution in [3.63, 3.8) is 0 Å². The molecule has 4 aliphatic heterocycles. The zero-order valence-electron chi connectivity index (χ0n) is 78.6. The lowest BCUT2D eigenvalue weighted by Gasteiger charge is -2.35. The van der Waals surface area contributed by atoms with Gasteiger partial charge in [0.1, 0.15) is 102 Å². The molecule has 12 aromatic rings. The van der Waals surface area contributed by atoms with E-state index in [0.29, 0.717) is 135 Å². The summed E-state index contributed by atoms with van der Waals surface area (Å²) in [6.45, 7) is 24.9. The molecule has 708 valence electrons. The molecule has 4 aromatic carbocycles. The van der Waals surface area contributed by atoms with E-state index in [1.807, 2.05) is 62.3 Å². The van der Waals surface area contributed by atoms with E-state index in [1.165, 1.54) is 67.4 Å². The van der Waals surface area contributed by atoms with Crippen molar-refractivity contribution in [1.82, 2.24) is 104 Å². The molecule has 4 amide bonds. The number of carbonyl (C=O) groups excluding carboxylic acids is 4. The number of benzene rings is 4. The van der Waals surface area contributed by atoms with E-state index in [9.17, 15) is 36.7 Å². The van der Waals surface area contributed by atoms with E-state index in [-0.39, 0.29) is 73.1 Å². The average molecular weight is 1840 g/mol. The maximum absolute atomic E-state index is 13.8. The van der Waals surface area contributed by atoms with Gasteiger partial charge >= 0.3 is 0 Å². The summed E-state index contributed by atoms with van der Waals surface area (Å²) in [6, 6.07) is 35.5. The molecule has 135 heavy (non-hydrogen) atoms. The fourth-order valence-corrected chi connectivity index (χ4v) is 18.7. The number of rotatable bonds is 23. The van der Waals surface area contributed by atoms with Gasteiger partial charge in [0.2, 0.25) is 29.5 Å². The Morgan fingerprint density at radius 1 is 0.348 bits per heavy atom. The van der Waals surface area contributed by atoms with Crippen molar-refractivity contribution >= 4 is 46.9 Å². The second kappa shape index (κ2) is 44.2. The summed E-state index contributed by atoms with van der Waals surface area (Å²) in [5, 5.41) is 18.8. The quantitative estimate of drug-likeness (QED) is 0.0537. The number of ether oxygens (including phenoxy) is 1. The molecule has 3 saturated carbocycles. The molecule has 30 nitrogen and oxygen atoms in total. The Hall–Kier alpha value is -13.4. The van der Waals surface area contributed by atoms with Crippen LogP contribution in [0.4, 0.5) is 40.8 Å². The van der Waals surface area contributed by atoms with Gasteiger partial charge < -0.3 is 43.9 Å². The van der Waals surface area contributed by atoms with Crippen LogP contribution in [0, 0.1) is 64.8 Å². The van der Waals surface area contributed by atoms with Crippen LogP contribution in [0.25, 0.3) is 45.6 Å². The van der Waals surface area contributed by atoms with Gasteiger partial charge in [-0.15, -0.1) is 0 Å². The van der Waals surface area contributed by atoms with Crippen LogP contribution < -0.4 is 24.3 Å². The number of hydrogen-bond acceptors (Lipinski definition) is 22. The second-order valence-corrected chi connectivity index (χ2v) is 36.2. The van der Waals surface area contributed by atoms with Gasteiger partial charge in [0.05, 0.1) is 7.11 Å². The minimum absolute atomic E-state index is 0.0240. The molecule has 0 bridgehead atoms. The lowest BCUT2D eigenvalue weighted by Crippen LogP contribution is -2.50. The predicted octanol–water partition coefficient (Wildman–Crippen LogP) is 14.9. The number of piperazine rings is 4. The number of hydrogen-bond donors (Lipinski definition) is 0. The highest BCUT2D eigenvalue weighted by Gasteiger charge is 2.34. The summed E-state index contributed by atoms with van der Waals surface area (Å²) >= 11 is 0. The molecule has 4 saturated heterocycles. The maximum Gasteiger partial charge on any atom is 0.244 e. The van der Waals surface area contributed by atoms with E-state index in [4.69, 9.17) is 35.0 Å². The number of anilines is 4. The molecule has 3 aliphatic carbocycles. The summed E-state index contributed by atoms with van der Waals surface area (Å²) in [5.41, 5.74) is 7.68. The molecule has 8 aromatic heterocycles. The summed E-state index contributed by atoms with van der Waals surface area (Å²) in [6.07, 6.45) is 23.1. The Bertz CT molecular complexity index is 6070. The van der Waals surface area contributed by atoms with Crippen molar-refractivity contribution in [3.8, 4) is 51.4 Å². The fraction of sp³-hybridized carbons (Fsp3) is 0.455. The number of pyridine rings is 3. The molecule has 7 fully saturated rings. The molecule has 19 rings (SSSR count). The third kappa shape index (κ3) is 23.7. The van der Waals surface area contributed by atoms with Crippen LogP contribution in [0.3, 0.4) is 0 Å². The monoisotopic (exact) mass is 1840 g/mol. The predicted molar refractivity (Wildman–Crippen MR) is 509 cm³/mol. The van der Waals surface area contributed by atoms with Crippen molar-refractivity contribution in [2.45, 2.75) is 189 Å². The molecule has 0 radical (unpaired) electrons. The van der Waals surface area contributed by atoms with Gasteiger partial charge in [-0.3, -0.25) is 19.2 Å². The standard InChI is InChI=1S/C26H31FN6O.C25H30FN7O2.C25H29FN6O.C25H31FN6O/c1-18-9-10-28-23(15-18)31-11-13-32(14-12-31)24(34)17-33-26(20-5-3-4-6-20)29-25(30-33)21-7-8-22(27)19(2)16-21;1-17-13-19(7-8-20(17)26)24-29-25(18-5-3-4-6-18)33(30-24)15-23(34)32-11-9-31(10-12-32)21-14-22(35-2)28-16-27-21;1-18-16-20(9-10-21(18)26)24-28-25(19-6-2-3-7-19)32(29-24)17-23(33)31-14-12-30(13-15-31)22-8-4-5-11-27-22;1-4-5-6-22-28-25(20-7-8-21(26)19(3)16-20)29-32(22)17-24(33)31-13-11-30(12-14-31)23-15-18(2)9-10-27-23/h7-10,15-16,20H,3-6,11-14,17H2,1-2H3;7-8,13-14,16,18H,3-6,9-12,15H2,1-2H3;4-5,8-11,16,19H,2-3,6-7,12-15,17H2,1H3;7-10,15-16H,4-6,11-14,17H2,1-3H3. The van der Waals surface area contributed by atoms with Gasteiger partial charge in [-0.25, -0.2) is 81.1 Å². The lowest BCUT2D eigenvalue weighted by atomic mass is 10.1. The van der Waals surface area contributed by atoms with E-state index in [1.54, 1.807) is 114 Å². The lowest BCUT2D eigenvalue weighted by molar-refractivity contribution is -0.133. The Kier molecular flexibility index (Phi) is 31.0. The van der Waals surface area contributed by atoms with E-state index >= 15 is 0 Å². The molecule has 34 heteroatoms. The Balaban J connectivity index is 0.000000131. The molecular formula is C101H121F4N25O5. The third-order valence-electron chi connectivity index (χ3n) is 26.7. The average Bonchev–Trinajstić information content (AvgIpc) is 1.66. The summed E-state index contributed by atoms with van der Waals surface area (Å²) < 4.78 is 67.3. The van der Waals surface area contributed by atoms with Crippen molar-refractivity contribution in [2.24, 2.45) is 0 Å². The Labute approximate surface area is 785 Å². The second-order valence-electron chi connectivity index (χ2n) is 36.2. The first kappa shape index (κ1) is 94.8. The van der Waals surface area contributed by atoms with E-state index in [2.05, 4.69) is 87.5 Å². The fourth-order valence-electron chi connectivity index (χ4n) is 18.7. The highest BCUT2D eigenvalue weighted by atomic mass is 19.1. The van der Waals surface area contributed by atoms with Crippen molar-refractivity contribution in [2.75, 3.05) is 131 Å². The highest BCUT2D eigenvalue weighted by molar-refractivity contribution is 5.79. The number of nitrogens with zero attached hydrogens (tertiary/aromatic N) is 25. The van der Waals surface area contributed by atoms with Gasteiger partial charge in [-0.1, -0.05) is 57.9 Å². The van der Waals surface area contributed by atoms with Crippen LogP contribution in [-0.2, 0) is 51.8 Å². The summed E-state index contributed by atoms with van der Waals surface area (Å²) in [7, 11) is 1.58. The number of halogens is 4. The molecule has 12 heterocycles. The minimum atomic E-state index is -0.251. The normalized spacial score (nSPS) is 16.2. The molecule has 0 unspecified atom stereocenters. The Morgan fingerprint density at radius 3 is 0.985 bits per heavy atom. The van der Waals surface area contributed by atoms with E-state index in [0.717, 1.165) is 179 Å². The maximum atomic E-state index is 13.8. The summed E-state index contributed by atoms with van der Waals surface area (Å²) in [5.74, 6) is 9.94. The highest BCUT2D eigenvalue weighted by Crippen LogP contribution is 2.39. The number of methoxy groups -OCH3 is 1. The van der Waals surface area contributed by atoms with Gasteiger partial charge in [0.15, 0.2) is 23.3 Å². The van der Waals surface area contributed by atoms with Crippen LogP contribution >= 0.6 is 0 Å². The van der Waals surface area contributed by atoms with Crippen molar-refractivity contribution in [3.05, 3.63) is 226 Å². The minimum Gasteiger partial charge on any atom is -0.481 e. The molecule has 0 spiro atoms. The largest absolute Gasteiger partial charge is 0.481 e. The zero-order valence-corrected chi connectivity index (χ0v) is 78.6. The smallest absolute Gasteiger partial charge is 0.244 e. The first-order valence-corrected chi connectivity index (χ1v) is 47.6. The van der Waals surface area contributed by atoms with Gasteiger partial charge in [-0.05, 0) is 229 Å². The first-order chi connectivity index (χ1) is 65.5. The number of unbranched alkanes of at least 4 members (excludes halogenated alkanes) is 1. The summed E-state index contributed by atoms with van der Waals surface area (Å²) in [4.78, 5) is 110. The number of amides is 4. The van der Waals surface area contributed by atoms with E-state index < -0.39 is 0 Å². The third-order valence-corrected chi connectivity index (χ3v) is 26.7. The van der Waals surface area contributed by atoms with Crippen LogP contribution in [0.1, 0.15) is 171 Å². The zero-order chi connectivity index (χ0) is 94.2. The van der Waals surface area contributed by atoms with Crippen LogP contribution in [0.2, 0.25) is 0 Å². The first-order valence-electron chi connectivity index (χ1n) is 47.6. The van der Waals surface area contributed by atoms with Crippen molar-refractivity contribution in [1.29, 1.82) is 0 Å². The molecule has 7 aliphatic rings. The van der Waals surface area contributed by atoms with Crippen LogP contribution in [0.15, 0.2) is 146 Å². The van der Waals surface area contributed by atoms with Crippen LogP contribution in [-0.4, -0.2) is 239 Å². The van der Waals surface area contributed by atoms with Crippen LogP contribution in [0.5, 0.6) is 5.88 Å². The van der Waals surface area contributed by atoms with Crippen molar-refractivity contribution < 1.29 is 41.5 Å². The molecule has 0 atom stereocenters. The molecular weight excluding hydrogens is 1720 g/mol. The Morgan fingerprint density at radius 2 is 0.667 bits per heavy atom. The number of aromatic nitrogens is 17. The number of aryl methyl sites for hydroxylation is 7. The number of carbonyl (C=O) groups is 4. The topological polar surface area (TPSA) is 291 Å². The van der Waals surface area contributed by atoms with Gasteiger partial charge in [0.25, 0.3) is 0 Å². The van der Waals surface area contributed by atoms with Gasteiger partial charge in [0, 0.05) is 176 Å². The van der Waals surface area contributed by atoms with Gasteiger partial charge in [-0.2, -0.15) is 20.4 Å².